The van der Waals surface area contributed by atoms with Crippen molar-refractivity contribution in [1.82, 2.24) is 4.98 Å². The Kier molecular flexibility index (Phi) is 10.0. The average Bonchev–Trinajstić information content (AvgIpc) is 3.37. The number of aromatic hydroxyl groups is 1. The molecule has 3 aromatic carbocycles. The van der Waals surface area contributed by atoms with Crippen molar-refractivity contribution < 1.29 is 51.3 Å². The molecular weight excluding hydrogens is 690 g/mol. The summed E-state index contributed by atoms with van der Waals surface area (Å²) in [7, 11) is 0. The molecule has 7 nitrogen and oxygen atoms in total. The van der Waals surface area contributed by atoms with E-state index >= 15 is 0 Å². The van der Waals surface area contributed by atoms with Gasteiger partial charge in [0.15, 0.2) is 0 Å². The van der Waals surface area contributed by atoms with E-state index in [4.69, 9.17) is 0 Å². The Bertz CT molecular complexity index is 2040. The number of carbonyl (C=O) groups excluding carboxylic acids is 2. The number of aliphatic hydroxyl groups is 2. The van der Waals surface area contributed by atoms with Gasteiger partial charge in [-0.25, -0.2) is 4.90 Å². The minimum atomic E-state index is -5.20. The number of nitrogens with zero attached hydrogens (tertiary/aromatic N) is 2. The summed E-state index contributed by atoms with van der Waals surface area (Å²) in [5.74, 6) is -5.51. The lowest BCUT2D eigenvalue weighted by Crippen LogP contribution is -2.39. The molecule has 4 atom stereocenters. The van der Waals surface area contributed by atoms with Crippen molar-refractivity contribution in [2.24, 2.45) is 17.8 Å². The minimum Gasteiger partial charge on any atom is -0.507 e. The van der Waals surface area contributed by atoms with Crippen LogP contribution in [0.2, 0.25) is 0 Å². The summed E-state index contributed by atoms with van der Waals surface area (Å²) in [5.41, 5.74) is -1.19. The van der Waals surface area contributed by atoms with E-state index in [0.29, 0.717) is 45.7 Å². The molecule has 4 aromatic rings. The molecule has 52 heavy (non-hydrogen) atoms. The van der Waals surface area contributed by atoms with Gasteiger partial charge in [-0.05, 0) is 90.3 Å². The Morgan fingerprint density at radius 2 is 1.58 bits per heavy atom. The molecule has 2 aliphatic rings. The summed E-state index contributed by atoms with van der Waals surface area (Å²) < 4.78 is 82.0. The van der Waals surface area contributed by atoms with E-state index in [-0.39, 0.29) is 31.1 Å². The fourth-order valence-corrected chi connectivity index (χ4v) is 7.51. The van der Waals surface area contributed by atoms with E-state index in [1.807, 2.05) is 18.2 Å². The van der Waals surface area contributed by atoms with Crippen LogP contribution in [-0.4, -0.2) is 44.8 Å². The molecule has 0 bridgehead atoms. The van der Waals surface area contributed by atoms with Crippen LogP contribution < -0.4 is 4.90 Å². The van der Waals surface area contributed by atoms with E-state index < -0.39 is 71.4 Å². The number of phenolic OH excluding ortho intramolecular Hbond substituents is 1. The fourth-order valence-electron chi connectivity index (χ4n) is 7.51. The molecule has 0 unspecified atom stereocenters. The first-order valence-corrected chi connectivity index (χ1v) is 16.6. The van der Waals surface area contributed by atoms with Crippen molar-refractivity contribution in [3.8, 4) is 5.75 Å². The SMILES string of the molecule is CCC1=C([C@H](O)CC/C(=C/c2ccc(O)c3ccccc23)c2ccccn2)[C@H](CO)[C@@H]2C(=O)N(c3cc(C(F)(F)F)cc(C(F)(F)F)c3)C(=O)[C@@H]2C1. The lowest BCUT2D eigenvalue weighted by molar-refractivity contribution is -0.143. The Labute approximate surface area is 294 Å². The number of amides is 2. The number of benzene rings is 3. The smallest absolute Gasteiger partial charge is 0.416 e. The number of imide groups is 1. The molecule has 1 aliphatic heterocycles. The number of hydrogen-bond acceptors (Lipinski definition) is 6. The van der Waals surface area contributed by atoms with E-state index in [1.54, 1.807) is 55.6 Å². The molecule has 3 N–H and O–H groups in total. The van der Waals surface area contributed by atoms with Gasteiger partial charge < -0.3 is 15.3 Å². The quantitative estimate of drug-likeness (QED) is 0.0913. The number of alkyl halides is 6. The van der Waals surface area contributed by atoms with E-state index in [9.17, 15) is 51.3 Å². The van der Waals surface area contributed by atoms with Crippen molar-refractivity contribution in [3.05, 3.63) is 113 Å². The lowest BCUT2D eigenvalue weighted by atomic mass is 9.67. The number of carbonyl (C=O) groups is 2. The van der Waals surface area contributed by atoms with E-state index in [0.717, 1.165) is 16.5 Å². The van der Waals surface area contributed by atoms with Gasteiger partial charge in [-0.3, -0.25) is 14.6 Å². The predicted molar refractivity (Wildman–Crippen MR) is 181 cm³/mol. The number of anilines is 1. The standard InChI is InChI=1S/C39H34F6N2O5/c1-2-21-16-29-35(37(52)47(36(29)51)26-18-24(38(40,41)42)17-25(19-26)39(43,44)45)30(20-48)34(21)33(50)13-11-23(31-9-5-6-14-46-31)15-22-10-12-32(49)28-8-4-3-7-27(22)28/h3-10,12,14-15,17-19,29-30,33,35,48-50H,2,11,13,16,20H2,1H3/b23-15-/t29-,30+,33-,35-/m1/s1. The van der Waals surface area contributed by atoms with Crippen molar-refractivity contribution in [1.29, 1.82) is 0 Å². The number of phenols is 1. The molecule has 13 heteroatoms. The van der Waals surface area contributed by atoms with Gasteiger partial charge in [-0.2, -0.15) is 26.3 Å². The highest BCUT2D eigenvalue weighted by Gasteiger charge is 2.55. The van der Waals surface area contributed by atoms with Gasteiger partial charge in [-0.1, -0.05) is 48.9 Å². The second kappa shape index (κ2) is 14.2. The second-order valence-electron chi connectivity index (χ2n) is 13.0. The maximum atomic E-state index is 13.9. The van der Waals surface area contributed by atoms with Crippen molar-refractivity contribution in [2.45, 2.75) is 51.1 Å². The summed E-state index contributed by atoms with van der Waals surface area (Å²) in [6, 6.07) is 16.6. The van der Waals surface area contributed by atoms with Crippen LogP contribution in [0, 0.1) is 17.8 Å². The molecule has 6 rings (SSSR count). The summed E-state index contributed by atoms with van der Waals surface area (Å²) in [5, 5.41) is 34.2. The van der Waals surface area contributed by atoms with Crippen LogP contribution >= 0.6 is 0 Å². The number of hydrogen-bond donors (Lipinski definition) is 3. The summed E-state index contributed by atoms with van der Waals surface area (Å²) in [6.07, 6.45) is -7.55. The van der Waals surface area contributed by atoms with Crippen LogP contribution in [-0.2, 0) is 21.9 Å². The molecule has 2 amide bonds. The Balaban J connectivity index is 1.33. The summed E-state index contributed by atoms with van der Waals surface area (Å²) in [4.78, 5) is 32.4. The summed E-state index contributed by atoms with van der Waals surface area (Å²) in [6.45, 7) is 1.05. The monoisotopic (exact) mass is 724 g/mol. The van der Waals surface area contributed by atoms with Crippen LogP contribution in [0.15, 0.2) is 90.1 Å². The van der Waals surface area contributed by atoms with Crippen LogP contribution in [0.4, 0.5) is 32.0 Å². The molecule has 272 valence electrons. The highest BCUT2D eigenvalue weighted by molar-refractivity contribution is 6.22. The molecule has 1 aliphatic carbocycles. The van der Waals surface area contributed by atoms with E-state index in [2.05, 4.69) is 4.98 Å². The maximum Gasteiger partial charge on any atom is 0.416 e. The van der Waals surface area contributed by atoms with Gasteiger partial charge in [0.25, 0.3) is 0 Å². The Hall–Kier alpha value is -5.01. The number of allylic oxidation sites excluding steroid dienone is 2. The Morgan fingerprint density at radius 3 is 2.17 bits per heavy atom. The fraction of sp³-hybridized carbons (Fsp3) is 0.308. The average molecular weight is 725 g/mol. The van der Waals surface area contributed by atoms with Gasteiger partial charge in [0.2, 0.25) is 11.8 Å². The zero-order valence-corrected chi connectivity index (χ0v) is 27.7. The molecule has 0 radical (unpaired) electrons. The number of pyridine rings is 1. The third kappa shape index (κ3) is 6.94. The van der Waals surface area contributed by atoms with Gasteiger partial charge in [0, 0.05) is 17.5 Å². The first-order valence-electron chi connectivity index (χ1n) is 16.6. The van der Waals surface area contributed by atoms with Gasteiger partial charge in [0.1, 0.15) is 5.75 Å². The molecule has 1 aromatic heterocycles. The molecular formula is C39H34F6N2O5. The largest absolute Gasteiger partial charge is 0.507 e. The van der Waals surface area contributed by atoms with Crippen molar-refractivity contribution in [2.75, 3.05) is 11.5 Å². The first-order chi connectivity index (χ1) is 24.6. The van der Waals surface area contributed by atoms with Gasteiger partial charge in [0.05, 0.1) is 47.1 Å². The highest BCUT2D eigenvalue weighted by atomic mass is 19.4. The molecule has 1 fully saturated rings. The number of fused-ring (bicyclic) bond motifs is 2. The van der Waals surface area contributed by atoms with Crippen molar-refractivity contribution in [3.63, 3.8) is 0 Å². The highest BCUT2D eigenvalue weighted by Crippen LogP contribution is 2.49. The number of aliphatic hydroxyl groups excluding tert-OH is 2. The topological polar surface area (TPSA) is 111 Å². The third-order valence-electron chi connectivity index (χ3n) is 9.94. The lowest BCUT2D eigenvalue weighted by Gasteiger charge is -2.36. The van der Waals surface area contributed by atoms with Crippen LogP contribution in [0.1, 0.15) is 55.0 Å². The molecule has 1 saturated heterocycles. The minimum absolute atomic E-state index is 0.0708. The molecule has 0 saturated carbocycles. The first kappa shape index (κ1) is 36.8. The van der Waals surface area contributed by atoms with Crippen molar-refractivity contribution >= 4 is 39.9 Å². The predicted octanol–water partition coefficient (Wildman–Crippen LogP) is 8.18. The number of halogens is 6. The van der Waals surface area contributed by atoms with Crippen LogP contribution in [0.5, 0.6) is 5.75 Å². The zero-order chi connectivity index (χ0) is 37.5. The summed E-state index contributed by atoms with van der Waals surface area (Å²) >= 11 is 0. The third-order valence-corrected chi connectivity index (χ3v) is 9.94. The molecule has 2 heterocycles. The number of aromatic nitrogens is 1. The van der Waals surface area contributed by atoms with Crippen LogP contribution in [0.25, 0.3) is 22.4 Å². The van der Waals surface area contributed by atoms with Gasteiger partial charge >= 0.3 is 12.4 Å². The van der Waals surface area contributed by atoms with E-state index in [1.165, 1.54) is 0 Å². The van der Waals surface area contributed by atoms with Gasteiger partial charge in [-0.15, -0.1) is 0 Å². The zero-order valence-electron chi connectivity index (χ0n) is 27.7. The second-order valence-corrected chi connectivity index (χ2v) is 13.0. The van der Waals surface area contributed by atoms with Crippen LogP contribution in [0.3, 0.4) is 0 Å². The molecule has 0 spiro atoms. The maximum absolute atomic E-state index is 13.9. The number of rotatable bonds is 9. The normalized spacial score (nSPS) is 20.5. The Morgan fingerprint density at radius 1 is 0.923 bits per heavy atom.